The highest BCUT2D eigenvalue weighted by Gasteiger charge is 2.52. The van der Waals surface area contributed by atoms with E-state index in [0.29, 0.717) is 18.4 Å². The van der Waals surface area contributed by atoms with E-state index in [1.807, 2.05) is 27.7 Å². The van der Waals surface area contributed by atoms with Crippen molar-refractivity contribution in [3.63, 3.8) is 0 Å². The zero-order chi connectivity index (χ0) is 14.3. The van der Waals surface area contributed by atoms with Crippen LogP contribution < -0.4 is 11.2 Å². The Bertz CT molecular complexity index is 461. The second-order valence-electron chi connectivity index (χ2n) is 5.98. The first-order chi connectivity index (χ1) is 8.77. The molecule has 1 aromatic rings. The fourth-order valence-corrected chi connectivity index (χ4v) is 2.07. The van der Waals surface area contributed by atoms with Crippen molar-refractivity contribution in [2.75, 3.05) is 6.54 Å². The molecular weight excluding hydrogens is 244 g/mol. The van der Waals surface area contributed by atoms with E-state index in [0.717, 1.165) is 5.56 Å². The standard InChI is InChI=1S/C14H21BFNO2/c1-13(2)14(3,4)19-15(18-13)11-9-10(7-8-17)5-6-12(11)16/h5-6,9H,7-8,17H2,1-4H3. The van der Waals surface area contributed by atoms with E-state index in [9.17, 15) is 4.39 Å². The molecule has 0 atom stereocenters. The second kappa shape index (κ2) is 4.89. The van der Waals surface area contributed by atoms with E-state index in [2.05, 4.69) is 0 Å². The highest BCUT2D eigenvalue weighted by atomic mass is 19.1. The van der Waals surface area contributed by atoms with Crippen LogP contribution in [0, 0.1) is 5.82 Å². The molecule has 2 N–H and O–H groups in total. The van der Waals surface area contributed by atoms with Crippen LogP contribution in [0.5, 0.6) is 0 Å². The molecule has 2 rings (SSSR count). The number of benzene rings is 1. The highest BCUT2D eigenvalue weighted by Crippen LogP contribution is 2.36. The molecule has 0 saturated carbocycles. The molecule has 1 saturated heterocycles. The lowest BCUT2D eigenvalue weighted by Crippen LogP contribution is -2.41. The largest absolute Gasteiger partial charge is 0.497 e. The van der Waals surface area contributed by atoms with Gasteiger partial charge in [-0.2, -0.15) is 0 Å². The van der Waals surface area contributed by atoms with Crippen molar-refractivity contribution < 1.29 is 13.7 Å². The maximum absolute atomic E-state index is 14.0. The first-order valence-electron chi connectivity index (χ1n) is 6.61. The van der Waals surface area contributed by atoms with Gasteiger partial charge in [0, 0.05) is 5.46 Å². The summed E-state index contributed by atoms with van der Waals surface area (Å²) in [5.74, 6) is -0.306. The average molecular weight is 265 g/mol. The molecule has 1 aliphatic heterocycles. The van der Waals surface area contributed by atoms with Gasteiger partial charge >= 0.3 is 7.12 Å². The van der Waals surface area contributed by atoms with Gasteiger partial charge in [-0.05, 0) is 52.3 Å². The first-order valence-corrected chi connectivity index (χ1v) is 6.61. The van der Waals surface area contributed by atoms with Crippen LogP contribution in [0.3, 0.4) is 0 Å². The third-order valence-corrected chi connectivity index (χ3v) is 4.00. The summed E-state index contributed by atoms with van der Waals surface area (Å²) in [6.45, 7) is 8.35. The van der Waals surface area contributed by atoms with Crippen LogP contribution in [-0.2, 0) is 15.7 Å². The summed E-state index contributed by atoms with van der Waals surface area (Å²) in [5, 5.41) is 0. The van der Waals surface area contributed by atoms with Gasteiger partial charge in [0.1, 0.15) is 5.82 Å². The summed E-state index contributed by atoms with van der Waals surface area (Å²) in [6.07, 6.45) is 0.715. The monoisotopic (exact) mass is 265 g/mol. The van der Waals surface area contributed by atoms with E-state index in [-0.39, 0.29) is 5.82 Å². The molecule has 104 valence electrons. The smallest absolute Gasteiger partial charge is 0.399 e. The molecule has 0 unspecified atom stereocenters. The Labute approximate surface area is 114 Å². The van der Waals surface area contributed by atoms with Crippen molar-refractivity contribution in [2.45, 2.75) is 45.3 Å². The third kappa shape index (κ3) is 2.68. The van der Waals surface area contributed by atoms with Gasteiger partial charge in [0.2, 0.25) is 0 Å². The van der Waals surface area contributed by atoms with Crippen molar-refractivity contribution >= 4 is 12.6 Å². The van der Waals surface area contributed by atoms with Crippen molar-refractivity contribution in [3.05, 3.63) is 29.6 Å². The minimum Gasteiger partial charge on any atom is -0.399 e. The molecule has 1 fully saturated rings. The van der Waals surface area contributed by atoms with E-state index in [1.54, 1.807) is 12.1 Å². The summed E-state index contributed by atoms with van der Waals surface area (Å²) in [7, 11) is -0.664. The Morgan fingerprint density at radius 3 is 2.26 bits per heavy atom. The lowest BCUT2D eigenvalue weighted by Gasteiger charge is -2.32. The van der Waals surface area contributed by atoms with Gasteiger partial charge in [-0.25, -0.2) is 4.39 Å². The molecule has 3 nitrogen and oxygen atoms in total. The molecular formula is C14H21BFNO2. The molecule has 1 aliphatic rings. The van der Waals surface area contributed by atoms with Crippen LogP contribution in [0.25, 0.3) is 0 Å². The van der Waals surface area contributed by atoms with Crippen LogP contribution in [-0.4, -0.2) is 24.9 Å². The molecule has 0 bridgehead atoms. The topological polar surface area (TPSA) is 44.5 Å². The highest BCUT2D eigenvalue weighted by molar-refractivity contribution is 6.62. The Hall–Kier alpha value is -0.905. The summed E-state index contributed by atoms with van der Waals surface area (Å²) >= 11 is 0. The van der Waals surface area contributed by atoms with Crippen LogP contribution in [0.1, 0.15) is 33.3 Å². The zero-order valence-corrected chi connectivity index (χ0v) is 12.0. The van der Waals surface area contributed by atoms with Crippen LogP contribution >= 0.6 is 0 Å². The molecule has 19 heavy (non-hydrogen) atoms. The van der Waals surface area contributed by atoms with Crippen LogP contribution in [0.15, 0.2) is 18.2 Å². The second-order valence-corrected chi connectivity index (χ2v) is 5.98. The first kappa shape index (κ1) is 14.5. The summed E-state index contributed by atoms with van der Waals surface area (Å²) < 4.78 is 25.7. The van der Waals surface area contributed by atoms with Gasteiger partial charge in [0.05, 0.1) is 11.2 Å². The lowest BCUT2D eigenvalue weighted by atomic mass is 9.77. The van der Waals surface area contributed by atoms with Crippen LogP contribution in [0.2, 0.25) is 0 Å². The summed E-state index contributed by atoms with van der Waals surface area (Å²) in [6, 6.07) is 4.98. The predicted molar refractivity (Wildman–Crippen MR) is 74.9 cm³/mol. The normalized spacial score (nSPS) is 20.8. The predicted octanol–water partition coefficient (Wildman–Crippen LogP) is 1.63. The Balaban J connectivity index is 2.31. The van der Waals surface area contributed by atoms with Crippen molar-refractivity contribution in [3.8, 4) is 0 Å². The van der Waals surface area contributed by atoms with Crippen molar-refractivity contribution in [2.24, 2.45) is 5.73 Å². The minimum atomic E-state index is -0.664. The molecule has 5 heteroatoms. The number of hydrogen-bond acceptors (Lipinski definition) is 3. The molecule has 0 aliphatic carbocycles. The Morgan fingerprint density at radius 2 is 1.74 bits per heavy atom. The molecule has 1 aromatic carbocycles. The lowest BCUT2D eigenvalue weighted by molar-refractivity contribution is 0.00578. The number of rotatable bonds is 3. The molecule has 0 amide bonds. The fraction of sp³-hybridized carbons (Fsp3) is 0.571. The quantitative estimate of drug-likeness (QED) is 0.845. The molecule has 0 aromatic heterocycles. The minimum absolute atomic E-state index is 0.306. The van der Waals surface area contributed by atoms with Gasteiger partial charge in [0.25, 0.3) is 0 Å². The van der Waals surface area contributed by atoms with E-state index in [1.165, 1.54) is 6.07 Å². The van der Waals surface area contributed by atoms with Crippen molar-refractivity contribution in [1.82, 2.24) is 0 Å². The Kier molecular flexibility index (Phi) is 3.73. The average Bonchev–Trinajstić information content (AvgIpc) is 2.51. The third-order valence-electron chi connectivity index (χ3n) is 4.00. The SMILES string of the molecule is CC1(C)OB(c2cc(CCN)ccc2F)OC1(C)C. The van der Waals surface area contributed by atoms with Gasteiger partial charge in [-0.3, -0.25) is 0 Å². The maximum Gasteiger partial charge on any atom is 0.497 e. The van der Waals surface area contributed by atoms with E-state index >= 15 is 0 Å². The van der Waals surface area contributed by atoms with Crippen LogP contribution in [0.4, 0.5) is 4.39 Å². The summed E-state index contributed by atoms with van der Waals surface area (Å²) in [4.78, 5) is 0. The number of halogens is 1. The van der Waals surface area contributed by atoms with Gasteiger partial charge in [-0.15, -0.1) is 0 Å². The zero-order valence-electron chi connectivity index (χ0n) is 12.0. The molecule has 1 heterocycles. The molecule has 0 radical (unpaired) electrons. The maximum atomic E-state index is 14.0. The number of nitrogens with two attached hydrogens (primary N) is 1. The fourth-order valence-electron chi connectivity index (χ4n) is 2.07. The van der Waals surface area contributed by atoms with E-state index < -0.39 is 18.3 Å². The van der Waals surface area contributed by atoms with Gasteiger partial charge < -0.3 is 15.0 Å². The van der Waals surface area contributed by atoms with Gasteiger partial charge in [-0.1, -0.05) is 12.1 Å². The summed E-state index contributed by atoms with van der Waals surface area (Å²) in [5.41, 5.74) is 6.05. The Morgan fingerprint density at radius 1 is 1.16 bits per heavy atom. The van der Waals surface area contributed by atoms with Gasteiger partial charge in [0.15, 0.2) is 0 Å². The van der Waals surface area contributed by atoms with Crippen molar-refractivity contribution in [1.29, 1.82) is 0 Å². The number of hydrogen-bond donors (Lipinski definition) is 1. The van der Waals surface area contributed by atoms with E-state index in [4.69, 9.17) is 15.0 Å². The molecule has 0 spiro atoms.